The maximum absolute atomic E-state index is 13.4. The highest BCUT2D eigenvalue weighted by molar-refractivity contribution is 6.19. The first kappa shape index (κ1) is 19.2. The molecule has 0 saturated heterocycles. The van der Waals surface area contributed by atoms with Crippen LogP contribution in [0.4, 0.5) is 0 Å². The van der Waals surface area contributed by atoms with Crippen molar-refractivity contribution in [3.8, 4) is 11.5 Å². The summed E-state index contributed by atoms with van der Waals surface area (Å²) in [7, 11) is 1.55. The zero-order chi connectivity index (χ0) is 20.6. The van der Waals surface area contributed by atoms with E-state index in [1.165, 1.54) is 6.08 Å². The molecule has 0 aliphatic heterocycles. The molecule has 1 amide bonds. The summed E-state index contributed by atoms with van der Waals surface area (Å²) < 4.78 is 11.1. The Balaban J connectivity index is 2.28. The van der Waals surface area contributed by atoms with E-state index in [-0.39, 0.29) is 28.4 Å². The number of benzene rings is 2. The molecule has 0 spiro atoms. The van der Waals surface area contributed by atoms with E-state index in [1.807, 2.05) is 13.8 Å². The Hall–Kier alpha value is -3.54. The Morgan fingerprint density at radius 1 is 1.14 bits per heavy atom. The van der Waals surface area contributed by atoms with Crippen LogP contribution in [-0.2, 0) is 4.79 Å². The predicted octanol–water partition coefficient (Wildman–Crippen LogP) is 3.80. The number of hydrogen-bond acceptors (Lipinski definition) is 5. The molecule has 0 atom stereocenters. The van der Waals surface area contributed by atoms with Gasteiger partial charge in [0.1, 0.15) is 11.5 Å². The molecule has 0 aliphatic rings. The minimum absolute atomic E-state index is 0.0528. The lowest BCUT2D eigenvalue weighted by Crippen LogP contribution is -2.06. The number of amides is 1. The van der Waals surface area contributed by atoms with Crippen molar-refractivity contribution < 1.29 is 23.8 Å². The number of carbonyl (C=O) groups is 2. The average molecular weight is 379 g/mol. The molecule has 28 heavy (non-hydrogen) atoms. The lowest BCUT2D eigenvalue weighted by atomic mass is 9.96. The second-order valence-electron chi connectivity index (χ2n) is 6.63. The molecule has 0 unspecified atom stereocenters. The summed E-state index contributed by atoms with van der Waals surface area (Å²) in [6, 6.07) is 6.85. The van der Waals surface area contributed by atoms with Gasteiger partial charge in [-0.15, -0.1) is 0 Å². The van der Waals surface area contributed by atoms with Gasteiger partial charge in [0, 0.05) is 17.0 Å². The van der Waals surface area contributed by atoms with E-state index in [9.17, 15) is 14.7 Å². The second-order valence-corrected chi connectivity index (χ2v) is 6.63. The van der Waals surface area contributed by atoms with Gasteiger partial charge in [-0.1, -0.05) is 6.07 Å². The van der Waals surface area contributed by atoms with E-state index >= 15 is 0 Å². The first-order chi connectivity index (χ1) is 13.2. The number of hydrogen-bond donors (Lipinski definition) is 2. The molecule has 6 heteroatoms. The zero-order valence-corrected chi connectivity index (χ0v) is 16.1. The van der Waals surface area contributed by atoms with E-state index in [1.54, 1.807) is 38.3 Å². The Bertz CT molecular complexity index is 1140. The van der Waals surface area contributed by atoms with Gasteiger partial charge >= 0.3 is 0 Å². The Morgan fingerprint density at radius 2 is 1.86 bits per heavy atom. The number of aryl methyl sites for hydroxylation is 2. The standard InChI is InChI=1S/C22H21NO5/c1-11-5-6-15-19(16(7-8-18(23)24)28-22(15)20(11)25)21(26)14-9-12(2)13(3)17(10-14)27-4/h5-10,25H,1-4H3,(H2,23,24)/b8-7+. The van der Waals surface area contributed by atoms with Gasteiger partial charge in [-0.05, 0) is 61.7 Å². The van der Waals surface area contributed by atoms with Gasteiger partial charge in [0.05, 0.1) is 12.7 Å². The van der Waals surface area contributed by atoms with Crippen LogP contribution in [-0.4, -0.2) is 23.9 Å². The highest BCUT2D eigenvalue weighted by atomic mass is 16.5. The molecule has 0 saturated carbocycles. The number of furan rings is 1. The summed E-state index contributed by atoms with van der Waals surface area (Å²) in [5.41, 5.74) is 8.48. The van der Waals surface area contributed by atoms with Crippen molar-refractivity contribution in [3.05, 3.63) is 63.9 Å². The summed E-state index contributed by atoms with van der Waals surface area (Å²) in [4.78, 5) is 24.5. The number of nitrogens with two attached hydrogens (primary N) is 1. The van der Waals surface area contributed by atoms with Gasteiger partial charge in [0.2, 0.25) is 5.91 Å². The number of methoxy groups -OCH3 is 1. The van der Waals surface area contributed by atoms with Crippen LogP contribution in [0.25, 0.3) is 17.0 Å². The Kier molecular flexibility index (Phi) is 4.96. The quantitative estimate of drug-likeness (QED) is 0.518. The first-order valence-electron chi connectivity index (χ1n) is 8.67. The number of carbonyl (C=O) groups excluding carboxylic acids is 2. The van der Waals surface area contributed by atoms with E-state index in [4.69, 9.17) is 14.9 Å². The van der Waals surface area contributed by atoms with Crippen LogP contribution in [0.3, 0.4) is 0 Å². The number of primary amides is 1. The van der Waals surface area contributed by atoms with Crippen molar-refractivity contribution in [3.63, 3.8) is 0 Å². The summed E-state index contributed by atoms with van der Waals surface area (Å²) in [6.45, 7) is 5.54. The van der Waals surface area contributed by atoms with Crippen molar-refractivity contribution in [2.75, 3.05) is 7.11 Å². The van der Waals surface area contributed by atoms with Crippen LogP contribution in [0.5, 0.6) is 11.5 Å². The average Bonchev–Trinajstić information content (AvgIpc) is 3.03. The van der Waals surface area contributed by atoms with Crippen LogP contribution in [0.2, 0.25) is 0 Å². The summed E-state index contributed by atoms with van der Waals surface area (Å²) in [5, 5.41) is 10.8. The summed E-state index contributed by atoms with van der Waals surface area (Å²) >= 11 is 0. The van der Waals surface area contributed by atoms with Gasteiger partial charge in [-0.2, -0.15) is 0 Å². The molecular formula is C22H21NO5. The third-order valence-electron chi connectivity index (χ3n) is 4.79. The van der Waals surface area contributed by atoms with E-state index in [0.717, 1.165) is 17.2 Å². The topological polar surface area (TPSA) is 103 Å². The second kappa shape index (κ2) is 7.23. The van der Waals surface area contributed by atoms with Crippen molar-refractivity contribution in [2.24, 2.45) is 5.73 Å². The molecule has 2 aromatic carbocycles. The van der Waals surface area contributed by atoms with Crippen molar-refractivity contribution in [2.45, 2.75) is 20.8 Å². The van der Waals surface area contributed by atoms with Gasteiger partial charge in [0.15, 0.2) is 17.1 Å². The number of ether oxygens (including phenoxy) is 1. The summed E-state index contributed by atoms with van der Waals surface area (Å²) in [6.07, 6.45) is 2.45. The molecule has 1 heterocycles. The van der Waals surface area contributed by atoms with Crippen LogP contribution in [0, 0.1) is 20.8 Å². The number of ketones is 1. The first-order valence-corrected chi connectivity index (χ1v) is 8.67. The number of phenolic OH excluding ortho intramolecular Hbond substituents is 1. The molecule has 144 valence electrons. The maximum Gasteiger partial charge on any atom is 0.241 e. The van der Waals surface area contributed by atoms with Crippen molar-refractivity contribution in [1.29, 1.82) is 0 Å². The fraction of sp³-hybridized carbons (Fsp3) is 0.182. The van der Waals surface area contributed by atoms with Gasteiger partial charge in [0.25, 0.3) is 0 Å². The number of rotatable bonds is 5. The molecule has 0 fully saturated rings. The van der Waals surface area contributed by atoms with Crippen molar-refractivity contribution in [1.82, 2.24) is 0 Å². The summed E-state index contributed by atoms with van der Waals surface area (Å²) in [5.74, 6) is -0.288. The molecule has 6 nitrogen and oxygen atoms in total. The van der Waals surface area contributed by atoms with E-state index < -0.39 is 5.91 Å². The third-order valence-corrected chi connectivity index (χ3v) is 4.79. The van der Waals surface area contributed by atoms with Gasteiger partial charge in [-0.3, -0.25) is 9.59 Å². The Labute approximate surface area is 162 Å². The SMILES string of the molecule is COc1cc(C(=O)c2c(/C=C/C(N)=O)oc3c(O)c(C)ccc23)cc(C)c1C. The number of fused-ring (bicyclic) bond motifs is 1. The van der Waals surface area contributed by atoms with Crippen LogP contribution in [0.1, 0.15) is 38.4 Å². The van der Waals surface area contributed by atoms with E-state index in [0.29, 0.717) is 22.3 Å². The lowest BCUT2D eigenvalue weighted by molar-refractivity contribution is -0.113. The number of aromatic hydroxyl groups is 1. The fourth-order valence-electron chi connectivity index (χ4n) is 3.09. The highest BCUT2D eigenvalue weighted by Gasteiger charge is 2.24. The van der Waals surface area contributed by atoms with Gasteiger partial charge < -0.3 is 20.0 Å². The van der Waals surface area contributed by atoms with Crippen LogP contribution in [0.15, 0.2) is 34.8 Å². The van der Waals surface area contributed by atoms with Crippen LogP contribution < -0.4 is 10.5 Å². The largest absolute Gasteiger partial charge is 0.504 e. The zero-order valence-electron chi connectivity index (χ0n) is 16.1. The fourth-order valence-corrected chi connectivity index (χ4v) is 3.09. The molecule has 0 bridgehead atoms. The van der Waals surface area contributed by atoms with Gasteiger partial charge in [-0.25, -0.2) is 0 Å². The normalized spacial score (nSPS) is 11.3. The molecule has 3 aromatic rings. The van der Waals surface area contributed by atoms with E-state index in [2.05, 4.69) is 0 Å². The molecule has 0 aliphatic carbocycles. The smallest absolute Gasteiger partial charge is 0.241 e. The van der Waals surface area contributed by atoms with Crippen LogP contribution >= 0.6 is 0 Å². The highest BCUT2D eigenvalue weighted by Crippen LogP contribution is 2.37. The minimum Gasteiger partial charge on any atom is -0.504 e. The lowest BCUT2D eigenvalue weighted by Gasteiger charge is -2.10. The predicted molar refractivity (Wildman–Crippen MR) is 107 cm³/mol. The molecule has 1 aromatic heterocycles. The monoisotopic (exact) mass is 379 g/mol. The third kappa shape index (κ3) is 3.24. The number of phenols is 1. The molecular weight excluding hydrogens is 358 g/mol. The maximum atomic E-state index is 13.4. The molecule has 0 radical (unpaired) electrons. The molecule has 3 N–H and O–H groups in total. The Morgan fingerprint density at radius 3 is 2.50 bits per heavy atom. The molecule has 3 rings (SSSR count). The minimum atomic E-state index is -0.674. The van der Waals surface area contributed by atoms with Crippen molar-refractivity contribution >= 4 is 28.7 Å².